The zero-order valence-corrected chi connectivity index (χ0v) is 22.9. The molecule has 0 bridgehead atoms. The number of carbonyl (C=O) groups is 3. The van der Waals surface area contributed by atoms with Crippen molar-refractivity contribution in [3.8, 4) is 0 Å². The molecule has 0 fully saturated rings. The fourth-order valence-corrected chi connectivity index (χ4v) is 3.67. The number of nitrogens with zero attached hydrogens (tertiary/aromatic N) is 2. The maximum absolute atomic E-state index is 12.7. The van der Waals surface area contributed by atoms with Crippen LogP contribution in [0.2, 0.25) is 0 Å². The van der Waals surface area contributed by atoms with Gasteiger partial charge in [0.1, 0.15) is 12.1 Å². The summed E-state index contributed by atoms with van der Waals surface area (Å²) in [5, 5.41) is 0. The quantitative estimate of drug-likeness (QED) is 0.149. The van der Waals surface area contributed by atoms with Gasteiger partial charge in [0.05, 0.1) is 13.2 Å². The standard InChI is InChI=1S/C27H52N2O5/c1-7-9-10-11-12-13-14-15-16-17-18-19-20-22-33-26(31)24(4)28(5)25(30)23(3)29(6)27(32)34-21-8-2/h23-24H,7-22H2,1-6H3. The average Bonchev–Trinajstić information content (AvgIpc) is 2.84. The summed E-state index contributed by atoms with van der Waals surface area (Å²) in [5.74, 6) is -0.750. The van der Waals surface area contributed by atoms with Crippen LogP contribution in [0, 0.1) is 0 Å². The van der Waals surface area contributed by atoms with Crippen LogP contribution < -0.4 is 0 Å². The Labute approximate surface area is 208 Å². The molecule has 0 rings (SSSR count). The maximum atomic E-state index is 12.7. The average molecular weight is 485 g/mol. The molecule has 0 spiro atoms. The third-order valence-corrected chi connectivity index (χ3v) is 6.42. The van der Waals surface area contributed by atoms with Crippen LogP contribution in [0.3, 0.4) is 0 Å². The minimum Gasteiger partial charge on any atom is -0.464 e. The molecular formula is C27H52N2O5. The Morgan fingerprint density at radius 3 is 1.53 bits per heavy atom. The van der Waals surface area contributed by atoms with E-state index in [1.807, 2.05) is 6.92 Å². The van der Waals surface area contributed by atoms with E-state index in [0.717, 1.165) is 12.8 Å². The van der Waals surface area contributed by atoms with E-state index in [9.17, 15) is 14.4 Å². The molecule has 0 saturated carbocycles. The highest BCUT2D eigenvalue weighted by Crippen LogP contribution is 2.13. The molecule has 200 valence electrons. The van der Waals surface area contributed by atoms with Crippen molar-refractivity contribution in [2.75, 3.05) is 27.3 Å². The van der Waals surface area contributed by atoms with Gasteiger partial charge in [0, 0.05) is 14.1 Å². The third kappa shape index (κ3) is 14.5. The normalized spacial score (nSPS) is 12.6. The van der Waals surface area contributed by atoms with Crippen LogP contribution in [0.5, 0.6) is 0 Å². The fourth-order valence-electron chi connectivity index (χ4n) is 3.67. The van der Waals surface area contributed by atoms with Crippen LogP contribution in [0.4, 0.5) is 4.79 Å². The SMILES string of the molecule is CCCCCCCCCCCCCCCOC(=O)C(C)N(C)C(=O)C(C)N(C)C(=O)OCCC. The van der Waals surface area contributed by atoms with Crippen molar-refractivity contribution in [1.29, 1.82) is 0 Å². The van der Waals surface area contributed by atoms with E-state index in [-0.39, 0.29) is 5.91 Å². The molecule has 0 N–H and O–H groups in total. The van der Waals surface area contributed by atoms with Crippen LogP contribution >= 0.6 is 0 Å². The molecule has 7 nitrogen and oxygen atoms in total. The number of hydrogen-bond acceptors (Lipinski definition) is 5. The second-order valence-corrected chi connectivity index (χ2v) is 9.44. The third-order valence-electron chi connectivity index (χ3n) is 6.42. The zero-order valence-electron chi connectivity index (χ0n) is 22.9. The first-order valence-corrected chi connectivity index (χ1v) is 13.6. The van der Waals surface area contributed by atoms with Gasteiger partial charge in [-0.1, -0.05) is 90.9 Å². The molecule has 2 amide bonds. The summed E-state index contributed by atoms with van der Waals surface area (Å²) in [6.45, 7) is 8.11. The summed E-state index contributed by atoms with van der Waals surface area (Å²) < 4.78 is 10.4. The van der Waals surface area contributed by atoms with Crippen LogP contribution in [-0.4, -0.2) is 67.2 Å². The molecule has 2 atom stereocenters. The molecule has 0 aromatic carbocycles. The van der Waals surface area contributed by atoms with E-state index in [1.165, 1.54) is 87.5 Å². The smallest absolute Gasteiger partial charge is 0.410 e. The van der Waals surface area contributed by atoms with Gasteiger partial charge in [0.2, 0.25) is 5.91 Å². The number of rotatable bonds is 20. The van der Waals surface area contributed by atoms with Crippen LogP contribution in [0.25, 0.3) is 0 Å². The van der Waals surface area contributed by atoms with Gasteiger partial charge in [-0.15, -0.1) is 0 Å². The molecule has 0 heterocycles. The van der Waals surface area contributed by atoms with Crippen LogP contribution in [-0.2, 0) is 19.1 Å². The molecule has 34 heavy (non-hydrogen) atoms. The Hall–Kier alpha value is -1.79. The van der Waals surface area contributed by atoms with Crippen molar-refractivity contribution in [2.45, 2.75) is 130 Å². The predicted octanol–water partition coefficient (Wildman–Crippen LogP) is 6.33. The largest absolute Gasteiger partial charge is 0.464 e. The van der Waals surface area contributed by atoms with Crippen molar-refractivity contribution >= 4 is 18.0 Å². The van der Waals surface area contributed by atoms with Gasteiger partial charge in [0.15, 0.2) is 0 Å². The fraction of sp³-hybridized carbons (Fsp3) is 0.889. The van der Waals surface area contributed by atoms with Crippen molar-refractivity contribution in [1.82, 2.24) is 9.80 Å². The number of amides is 2. The summed E-state index contributed by atoms with van der Waals surface area (Å²) in [6, 6.07) is -1.44. The van der Waals surface area contributed by atoms with E-state index in [4.69, 9.17) is 9.47 Å². The van der Waals surface area contributed by atoms with E-state index in [0.29, 0.717) is 19.6 Å². The Morgan fingerprint density at radius 2 is 1.06 bits per heavy atom. The molecular weight excluding hydrogens is 432 g/mol. The van der Waals surface area contributed by atoms with Gasteiger partial charge in [-0.05, 0) is 26.7 Å². The first-order chi connectivity index (χ1) is 16.3. The molecule has 7 heteroatoms. The summed E-state index contributed by atoms with van der Waals surface area (Å²) in [4.78, 5) is 39.6. The molecule has 2 unspecified atom stereocenters. The zero-order chi connectivity index (χ0) is 25.8. The molecule has 0 aliphatic rings. The van der Waals surface area contributed by atoms with Gasteiger partial charge in [-0.25, -0.2) is 9.59 Å². The van der Waals surface area contributed by atoms with Crippen molar-refractivity contribution in [3.05, 3.63) is 0 Å². The van der Waals surface area contributed by atoms with E-state index < -0.39 is 24.1 Å². The Bertz CT molecular complexity index is 555. The Balaban J connectivity index is 3.93. The van der Waals surface area contributed by atoms with Gasteiger partial charge >= 0.3 is 12.1 Å². The molecule has 0 aliphatic carbocycles. The molecule has 0 radical (unpaired) electrons. The first kappa shape index (κ1) is 32.2. The number of ether oxygens (including phenoxy) is 2. The number of unbranched alkanes of at least 4 members (excludes halogenated alkanes) is 12. The lowest BCUT2D eigenvalue weighted by atomic mass is 10.0. The van der Waals surface area contributed by atoms with Gasteiger partial charge < -0.3 is 14.4 Å². The monoisotopic (exact) mass is 484 g/mol. The number of hydrogen-bond donors (Lipinski definition) is 0. The van der Waals surface area contributed by atoms with Crippen molar-refractivity contribution in [2.24, 2.45) is 0 Å². The molecule has 0 aliphatic heterocycles. The maximum Gasteiger partial charge on any atom is 0.410 e. The lowest BCUT2D eigenvalue weighted by Gasteiger charge is -2.30. The molecule has 0 aromatic heterocycles. The highest BCUT2D eigenvalue weighted by Gasteiger charge is 2.31. The lowest BCUT2D eigenvalue weighted by molar-refractivity contribution is -0.154. The highest BCUT2D eigenvalue weighted by molar-refractivity contribution is 5.89. The Kier molecular flexibility index (Phi) is 19.5. The molecule has 0 aromatic rings. The summed E-state index contributed by atoms with van der Waals surface area (Å²) in [6.07, 6.45) is 16.6. The van der Waals surface area contributed by atoms with Crippen LogP contribution in [0.15, 0.2) is 0 Å². The van der Waals surface area contributed by atoms with Crippen molar-refractivity contribution < 1.29 is 23.9 Å². The van der Waals surface area contributed by atoms with E-state index in [2.05, 4.69) is 6.92 Å². The predicted molar refractivity (Wildman–Crippen MR) is 138 cm³/mol. The molecule has 0 saturated heterocycles. The minimum atomic E-state index is -0.731. The van der Waals surface area contributed by atoms with Gasteiger partial charge in [-0.2, -0.15) is 0 Å². The minimum absolute atomic E-state index is 0.307. The number of carbonyl (C=O) groups excluding carboxylic acids is 3. The highest BCUT2D eigenvalue weighted by atomic mass is 16.6. The number of esters is 1. The van der Waals surface area contributed by atoms with Gasteiger partial charge in [-0.3, -0.25) is 9.69 Å². The number of likely N-dealkylation sites (N-methyl/N-ethyl adjacent to an activating group) is 2. The summed E-state index contributed by atoms with van der Waals surface area (Å²) >= 11 is 0. The lowest BCUT2D eigenvalue weighted by Crippen LogP contribution is -2.51. The van der Waals surface area contributed by atoms with Crippen LogP contribution in [0.1, 0.15) is 118 Å². The van der Waals surface area contributed by atoms with Gasteiger partial charge in [0.25, 0.3) is 0 Å². The summed E-state index contributed by atoms with van der Waals surface area (Å²) in [7, 11) is 3.08. The van der Waals surface area contributed by atoms with E-state index >= 15 is 0 Å². The topological polar surface area (TPSA) is 76.2 Å². The van der Waals surface area contributed by atoms with E-state index in [1.54, 1.807) is 20.9 Å². The first-order valence-electron chi connectivity index (χ1n) is 13.6. The Morgan fingerprint density at radius 1 is 0.588 bits per heavy atom. The second-order valence-electron chi connectivity index (χ2n) is 9.44. The second kappa shape index (κ2) is 20.6. The summed E-state index contributed by atoms with van der Waals surface area (Å²) in [5.41, 5.74) is 0. The van der Waals surface area contributed by atoms with Crippen molar-refractivity contribution in [3.63, 3.8) is 0 Å².